The fourth-order valence-corrected chi connectivity index (χ4v) is 1.46. The number of aromatic nitrogens is 1. The number of carbonyl (C=O) groups is 1. The SMILES string of the molecule is CC(=O)c1cc(Br)c(Cl)nc1Cl. The summed E-state index contributed by atoms with van der Waals surface area (Å²) in [7, 11) is 0. The predicted molar refractivity (Wildman–Crippen MR) is 52.0 cm³/mol. The predicted octanol–water partition coefficient (Wildman–Crippen LogP) is 3.35. The molecule has 0 aromatic carbocycles. The lowest BCUT2D eigenvalue weighted by Crippen LogP contribution is -1.96. The van der Waals surface area contributed by atoms with Gasteiger partial charge in [0, 0.05) is 0 Å². The molecule has 0 amide bonds. The van der Waals surface area contributed by atoms with Crippen molar-refractivity contribution in [2.75, 3.05) is 0 Å². The monoisotopic (exact) mass is 267 g/mol. The molecule has 1 aromatic heterocycles. The van der Waals surface area contributed by atoms with Gasteiger partial charge in [-0.05, 0) is 28.9 Å². The van der Waals surface area contributed by atoms with Crippen molar-refractivity contribution in [3.05, 3.63) is 26.4 Å². The second-order valence-corrected chi connectivity index (χ2v) is 3.73. The first-order chi connectivity index (χ1) is 5.52. The summed E-state index contributed by atoms with van der Waals surface area (Å²) in [6.07, 6.45) is 0. The Labute approximate surface area is 88.0 Å². The number of hydrogen-bond donors (Lipinski definition) is 0. The first-order valence-corrected chi connectivity index (χ1v) is 4.59. The number of rotatable bonds is 1. The summed E-state index contributed by atoms with van der Waals surface area (Å²) in [6, 6.07) is 1.56. The molecule has 0 aliphatic heterocycles. The van der Waals surface area contributed by atoms with E-state index in [1.807, 2.05) is 0 Å². The zero-order valence-electron chi connectivity index (χ0n) is 6.07. The van der Waals surface area contributed by atoms with Crippen LogP contribution in [0.15, 0.2) is 10.5 Å². The van der Waals surface area contributed by atoms with Crippen LogP contribution in [0.4, 0.5) is 0 Å². The van der Waals surface area contributed by atoms with Crippen molar-refractivity contribution in [1.29, 1.82) is 0 Å². The number of halogens is 3. The minimum Gasteiger partial charge on any atom is -0.294 e. The molecule has 0 saturated carbocycles. The quantitative estimate of drug-likeness (QED) is 0.578. The summed E-state index contributed by atoms with van der Waals surface area (Å²) in [4.78, 5) is 14.7. The van der Waals surface area contributed by atoms with Gasteiger partial charge in [0.15, 0.2) is 5.78 Å². The maximum Gasteiger partial charge on any atom is 0.162 e. The zero-order chi connectivity index (χ0) is 9.30. The van der Waals surface area contributed by atoms with Gasteiger partial charge in [0.25, 0.3) is 0 Å². The summed E-state index contributed by atoms with van der Waals surface area (Å²) < 4.78 is 0.568. The topological polar surface area (TPSA) is 30.0 Å². The van der Waals surface area contributed by atoms with Gasteiger partial charge in [-0.25, -0.2) is 4.98 Å². The van der Waals surface area contributed by atoms with Gasteiger partial charge in [0.1, 0.15) is 10.3 Å². The standard InChI is InChI=1S/C7H4BrCl2NO/c1-3(12)4-2-5(8)7(10)11-6(4)9/h2H,1H3. The maximum absolute atomic E-state index is 10.9. The Morgan fingerprint density at radius 2 is 2.08 bits per heavy atom. The average Bonchev–Trinajstić information content (AvgIpc) is 1.96. The largest absolute Gasteiger partial charge is 0.294 e. The normalized spacial score (nSPS) is 10.0. The Balaban J connectivity index is 3.33. The third kappa shape index (κ3) is 1.97. The van der Waals surface area contributed by atoms with E-state index in [1.165, 1.54) is 6.92 Å². The van der Waals surface area contributed by atoms with Gasteiger partial charge in [0.05, 0.1) is 10.0 Å². The lowest BCUT2D eigenvalue weighted by Gasteiger charge is -2.00. The minimum absolute atomic E-state index is 0.134. The van der Waals surface area contributed by atoms with Gasteiger partial charge >= 0.3 is 0 Å². The molecule has 0 saturated heterocycles. The smallest absolute Gasteiger partial charge is 0.162 e. The first kappa shape index (κ1) is 9.96. The highest BCUT2D eigenvalue weighted by atomic mass is 79.9. The van der Waals surface area contributed by atoms with Crippen molar-refractivity contribution in [1.82, 2.24) is 4.98 Å². The molecule has 0 N–H and O–H groups in total. The molecule has 64 valence electrons. The molecule has 1 aromatic rings. The van der Waals surface area contributed by atoms with Crippen molar-refractivity contribution in [3.8, 4) is 0 Å². The summed E-state index contributed by atoms with van der Waals surface area (Å²) >= 11 is 14.4. The molecule has 0 atom stereocenters. The lowest BCUT2D eigenvalue weighted by atomic mass is 10.2. The van der Waals surface area contributed by atoms with Gasteiger partial charge in [-0.1, -0.05) is 23.2 Å². The third-order valence-corrected chi connectivity index (χ3v) is 2.67. The van der Waals surface area contributed by atoms with Gasteiger partial charge in [0.2, 0.25) is 0 Å². The Morgan fingerprint density at radius 1 is 1.50 bits per heavy atom. The van der Waals surface area contributed by atoms with E-state index in [0.717, 1.165) is 0 Å². The second-order valence-electron chi connectivity index (χ2n) is 2.16. The number of carbonyl (C=O) groups excluding carboxylic acids is 1. The fraction of sp³-hybridized carbons (Fsp3) is 0.143. The molecule has 12 heavy (non-hydrogen) atoms. The molecule has 0 aliphatic carbocycles. The van der Waals surface area contributed by atoms with E-state index < -0.39 is 0 Å². The van der Waals surface area contributed by atoms with E-state index in [-0.39, 0.29) is 16.1 Å². The molecule has 0 aliphatic rings. The van der Waals surface area contributed by atoms with Gasteiger partial charge in [-0.15, -0.1) is 0 Å². The van der Waals surface area contributed by atoms with Crippen LogP contribution in [-0.4, -0.2) is 10.8 Å². The average molecular weight is 269 g/mol. The van der Waals surface area contributed by atoms with Crippen LogP contribution in [0.1, 0.15) is 17.3 Å². The van der Waals surface area contributed by atoms with E-state index in [2.05, 4.69) is 20.9 Å². The molecule has 0 bridgehead atoms. The first-order valence-electron chi connectivity index (χ1n) is 3.05. The van der Waals surface area contributed by atoms with E-state index in [1.54, 1.807) is 6.07 Å². The van der Waals surface area contributed by atoms with Crippen LogP contribution in [0.3, 0.4) is 0 Å². The number of hydrogen-bond acceptors (Lipinski definition) is 2. The Hall–Kier alpha value is -0.120. The van der Waals surface area contributed by atoms with Crippen LogP contribution in [0.2, 0.25) is 10.3 Å². The molecular weight excluding hydrogens is 265 g/mol. The van der Waals surface area contributed by atoms with Crippen molar-refractivity contribution in [2.45, 2.75) is 6.92 Å². The van der Waals surface area contributed by atoms with Gasteiger partial charge in [-0.2, -0.15) is 0 Å². The minimum atomic E-state index is -0.134. The maximum atomic E-state index is 10.9. The Kier molecular flexibility index (Phi) is 3.09. The van der Waals surface area contributed by atoms with Crippen LogP contribution in [0.5, 0.6) is 0 Å². The zero-order valence-corrected chi connectivity index (χ0v) is 9.16. The van der Waals surface area contributed by atoms with Crippen LogP contribution in [0.25, 0.3) is 0 Å². The van der Waals surface area contributed by atoms with E-state index in [0.29, 0.717) is 10.0 Å². The second kappa shape index (κ2) is 3.73. The number of nitrogens with zero attached hydrogens (tertiary/aromatic N) is 1. The van der Waals surface area contributed by atoms with E-state index in [9.17, 15) is 4.79 Å². The molecule has 0 spiro atoms. The van der Waals surface area contributed by atoms with E-state index in [4.69, 9.17) is 23.2 Å². The summed E-state index contributed by atoms with van der Waals surface area (Å²) in [6.45, 7) is 1.42. The van der Waals surface area contributed by atoms with E-state index >= 15 is 0 Å². The Morgan fingerprint density at radius 3 is 2.58 bits per heavy atom. The van der Waals surface area contributed by atoms with Crippen molar-refractivity contribution >= 4 is 44.9 Å². The highest BCUT2D eigenvalue weighted by molar-refractivity contribution is 9.10. The van der Waals surface area contributed by atoms with Crippen LogP contribution in [-0.2, 0) is 0 Å². The van der Waals surface area contributed by atoms with Crippen molar-refractivity contribution < 1.29 is 4.79 Å². The highest BCUT2D eigenvalue weighted by Gasteiger charge is 2.10. The van der Waals surface area contributed by atoms with Crippen LogP contribution < -0.4 is 0 Å². The lowest BCUT2D eigenvalue weighted by molar-refractivity contribution is 0.101. The fourth-order valence-electron chi connectivity index (χ4n) is 0.693. The molecule has 1 heterocycles. The molecule has 0 unspecified atom stereocenters. The highest BCUT2D eigenvalue weighted by Crippen LogP contribution is 2.25. The number of pyridine rings is 1. The third-order valence-electron chi connectivity index (χ3n) is 1.27. The number of Topliss-reactive ketones (excluding diaryl/α,β-unsaturated/α-hetero) is 1. The number of ketones is 1. The van der Waals surface area contributed by atoms with Crippen molar-refractivity contribution in [3.63, 3.8) is 0 Å². The van der Waals surface area contributed by atoms with Crippen LogP contribution >= 0.6 is 39.1 Å². The Bertz CT molecular complexity index is 340. The summed E-state index contributed by atoms with van der Waals surface area (Å²) in [5.41, 5.74) is 0.368. The molecule has 1 rings (SSSR count). The molecule has 0 radical (unpaired) electrons. The van der Waals surface area contributed by atoms with Crippen LogP contribution in [0, 0.1) is 0 Å². The summed E-state index contributed by atoms with van der Waals surface area (Å²) in [5, 5.41) is 0.390. The molecule has 0 fully saturated rings. The molecular formula is C7H4BrCl2NO. The molecule has 2 nitrogen and oxygen atoms in total. The molecule has 5 heteroatoms. The van der Waals surface area contributed by atoms with Gasteiger partial charge in [-0.3, -0.25) is 4.79 Å². The van der Waals surface area contributed by atoms with Crippen molar-refractivity contribution in [2.24, 2.45) is 0 Å². The summed E-state index contributed by atoms with van der Waals surface area (Å²) in [5.74, 6) is -0.134. The van der Waals surface area contributed by atoms with Gasteiger partial charge < -0.3 is 0 Å².